The topological polar surface area (TPSA) is 118 Å². The molecule has 0 aromatic heterocycles. The number of rotatable bonds is 7. The molecular weight excluding hydrogens is 451 g/mol. The van der Waals surface area contributed by atoms with Gasteiger partial charge in [-0.15, -0.1) is 0 Å². The van der Waals surface area contributed by atoms with Crippen LogP contribution in [0.15, 0.2) is 53.4 Å². The average Bonchev–Trinajstić information content (AvgIpc) is 3.18. The number of benzene rings is 2. The van der Waals surface area contributed by atoms with Crippen LogP contribution in [0.2, 0.25) is 10.0 Å². The molecule has 1 aliphatic heterocycles. The van der Waals surface area contributed by atoms with Crippen LogP contribution in [-0.4, -0.2) is 42.2 Å². The van der Waals surface area contributed by atoms with Crippen LogP contribution in [-0.2, 0) is 19.6 Å². The molecule has 1 fully saturated rings. The van der Waals surface area contributed by atoms with Crippen molar-refractivity contribution in [3.05, 3.63) is 64.1 Å². The monoisotopic (exact) mass is 470 g/mol. The number of carbonyl (C=O) groups excluding carboxylic acids is 1. The second kappa shape index (κ2) is 9.03. The van der Waals surface area contributed by atoms with Gasteiger partial charge in [-0.1, -0.05) is 53.5 Å². The van der Waals surface area contributed by atoms with Gasteiger partial charge in [0, 0.05) is 16.6 Å². The molecule has 3 rings (SSSR count). The Morgan fingerprint density at radius 1 is 1.10 bits per heavy atom. The summed E-state index contributed by atoms with van der Waals surface area (Å²) in [5.74, 6) is -3.73. The number of carbonyl (C=O) groups is 2. The normalized spacial score (nSPS) is 19.4. The summed E-state index contributed by atoms with van der Waals surface area (Å²) in [6.45, 7) is 0.0792. The molecule has 3 N–H and O–H groups in total. The highest BCUT2D eigenvalue weighted by Gasteiger charge is 2.45. The van der Waals surface area contributed by atoms with E-state index in [1.54, 1.807) is 30.3 Å². The lowest BCUT2D eigenvalue weighted by Gasteiger charge is -2.27. The number of hydrogen-bond donors (Lipinski definition) is 2. The molecular formula is C20H20Cl2N2O5S. The van der Waals surface area contributed by atoms with Gasteiger partial charge in [-0.05, 0) is 36.6 Å². The molecule has 1 aliphatic rings. The van der Waals surface area contributed by atoms with Gasteiger partial charge in [0.2, 0.25) is 10.0 Å². The molecule has 10 heteroatoms. The van der Waals surface area contributed by atoms with Crippen LogP contribution in [0, 0.1) is 5.92 Å². The summed E-state index contributed by atoms with van der Waals surface area (Å²) in [5.41, 5.74) is 6.59. The van der Waals surface area contributed by atoms with Crippen LogP contribution in [0.1, 0.15) is 24.4 Å². The lowest BCUT2D eigenvalue weighted by molar-refractivity contribution is -0.148. The van der Waals surface area contributed by atoms with Gasteiger partial charge in [0.25, 0.3) is 0 Å². The lowest BCUT2D eigenvalue weighted by Crippen LogP contribution is -2.47. The van der Waals surface area contributed by atoms with Gasteiger partial charge < -0.3 is 10.8 Å². The predicted molar refractivity (Wildman–Crippen MR) is 113 cm³/mol. The van der Waals surface area contributed by atoms with E-state index in [-0.39, 0.29) is 27.9 Å². The van der Waals surface area contributed by atoms with Crippen LogP contribution in [0.5, 0.6) is 0 Å². The van der Waals surface area contributed by atoms with E-state index in [0.29, 0.717) is 12.0 Å². The Labute approximate surface area is 184 Å². The van der Waals surface area contributed by atoms with Crippen LogP contribution in [0.25, 0.3) is 0 Å². The Hall–Kier alpha value is -1.97. The number of hydrogen-bond acceptors (Lipinski definition) is 5. The van der Waals surface area contributed by atoms with E-state index in [9.17, 15) is 23.1 Å². The highest BCUT2D eigenvalue weighted by molar-refractivity contribution is 7.89. The van der Waals surface area contributed by atoms with E-state index in [2.05, 4.69) is 0 Å². The highest BCUT2D eigenvalue weighted by atomic mass is 35.5. The molecule has 30 heavy (non-hydrogen) atoms. The van der Waals surface area contributed by atoms with Crippen molar-refractivity contribution in [2.45, 2.75) is 29.8 Å². The molecule has 0 amide bonds. The first-order valence-corrected chi connectivity index (χ1v) is 11.4. The van der Waals surface area contributed by atoms with E-state index >= 15 is 0 Å². The van der Waals surface area contributed by atoms with Gasteiger partial charge in [-0.2, -0.15) is 4.31 Å². The summed E-state index contributed by atoms with van der Waals surface area (Å²) in [6.07, 6.45) is 0.620. The average molecular weight is 471 g/mol. The molecule has 2 aromatic carbocycles. The smallest absolute Gasteiger partial charge is 0.316 e. The number of ketones is 1. The third-order valence-corrected chi connectivity index (χ3v) is 7.41. The SMILES string of the molecule is NC(c1ccccc1)C(C(=O)O)C(=O)[C@@H]1CCCN1S(=O)(=O)c1cc(Cl)cc(Cl)c1. The second-order valence-corrected chi connectivity index (χ2v) is 9.80. The fourth-order valence-corrected chi connectivity index (χ4v) is 6.04. The summed E-state index contributed by atoms with van der Waals surface area (Å²) in [4.78, 5) is 25.0. The zero-order valence-corrected chi connectivity index (χ0v) is 18.1. The van der Waals surface area contributed by atoms with Crippen molar-refractivity contribution in [3.63, 3.8) is 0 Å². The fourth-order valence-electron chi connectivity index (χ4n) is 3.65. The Kier molecular flexibility index (Phi) is 6.84. The Balaban J connectivity index is 1.94. The minimum Gasteiger partial charge on any atom is -0.481 e. The Bertz CT molecular complexity index is 1040. The summed E-state index contributed by atoms with van der Waals surface area (Å²) in [7, 11) is -4.12. The third kappa shape index (κ3) is 4.53. The van der Waals surface area contributed by atoms with Crippen LogP contribution in [0.3, 0.4) is 0 Å². The molecule has 3 atom stereocenters. The standard InChI is InChI=1S/C20H20Cl2N2O5S/c21-13-9-14(22)11-15(10-13)30(28,29)24-8-4-7-16(24)19(25)17(20(26)27)18(23)12-5-2-1-3-6-12/h1-3,5-6,9-11,16-18H,4,7-8,23H2,(H,26,27)/t16-,17?,18?/m0/s1. The van der Waals surface area contributed by atoms with Crippen molar-refractivity contribution in [3.8, 4) is 0 Å². The summed E-state index contributed by atoms with van der Waals surface area (Å²) in [6, 6.07) is 10.0. The van der Waals surface area contributed by atoms with Gasteiger partial charge in [-0.3, -0.25) is 9.59 Å². The summed E-state index contributed by atoms with van der Waals surface area (Å²) >= 11 is 11.9. The third-order valence-electron chi connectivity index (χ3n) is 5.09. The molecule has 1 heterocycles. The number of aliphatic carboxylic acids is 1. The lowest BCUT2D eigenvalue weighted by atomic mass is 9.87. The molecule has 7 nitrogen and oxygen atoms in total. The first-order chi connectivity index (χ1) is 14.1. The number of sulfonamides is 1. The number of nitrogens with zero attached hydrogens (tertiary/aromatic N) is 1. The quantitative estimate of drug-likeness (QED) is 0.600. The van der Waals surface area contributed by atoms with Gasteiger partial charge >= 0.3 is 5.97 Å². The maximum Gasteiger partial charge on any atom is 0.316 e. The van der Waals surface area contributed by atoms with Crippen molar-refractivity contribution < 1.29 is 23.1 Å². The first kappa shape index (κ1) is 22.7. The van der Waals surface area contributed by atoms with E-state index in [0.717, 1.165) is 4.31 Å². The number of carboxylic acid groups (broad SMARTS) is 1. The molecule has 2 aromatic rings. The van der Waals surface area contributed by atoms with Gasteiger partial charge in [-0.25, -0.2) is 8.42 Å². The van der Waals surface area contributed by atoms with Gasteiger partial charge in [0.15, 0.2) is 5.78 Å². The van der Waals surface area contributed by atoms with Crippen molar-refractivity contribution in [1.29, 1.82) is 0 Å². The van der Waals surface area contributed by atoms with Crippen molar-refractivity contribution in [2.24, 2.45) is 11.7 Å². The Morgan fingerprint density at radius 2 is 1.70 bits per heavy atom. The van der Waals surface area contributed by atoms with E-state index in [4.69, 9.17) is 28.9 Å². The molecule has 160 valence electrons. The van der Waals surface area contributed by atoms with Crippen molar-refractivity contribution in [1.82, 2.24) is 4.31 Å². The zero-order chi connectivity index (χ0) is 22.1. The Morgan fingerprint density at radius 3 is 2.27 bits per heavy atom. The maximum atomic E-state index is 13.2. The van der Waals surface area contributed by atoms with Crippen molar-refractivity contribution in [2.75, 3.05) is 6.54 Å². The highest BCUT2D eigenvalue weighted by Crippen LogP contribution is 2.33. The van der Waals surface area contributed by atoms with E-state index in [1.165, 1.54) is 18.2 Å². The van der Waals surface area contributed by atoms with E-state index < -0.39 is 39.8 Å². The molecule has 2 unspecified atom stereocenters. The molecule has 0 radical (unpaired) electrons. The minimum atomic E-state index is -4.12. The van der Waals surface area contributed by atoms with E-state index in [1.807, 2.05) is 0 Å². The molecule has 0 aliphatic carbocycles. The largest absolute Gasteiger partial charge is 0.481 e. The van der Waals surface area contributed by atoms with Crippen molar-refractivity contribution >= 4 is 45.0 Å². The first-order valence-electron chi connectivity index (χ1n) is 9.18. The molecule has 0 saturated carbocycles. The zero-order valence-electron chi connectivity index (χ0n) is 15.7. The van der Waals surface area contributed by atoms with Gasteiger partial charge in [0.05, 0.1) is 17.0 Å². The number of Topliss-reactive ketones (excluding diaryl/α,β-unsaturated/α-hetero) is 1. The maximum absolute atomic E-state index is 13.2. The summed E-state index contributed by atoms with van der Waals surface area (Å²) < 4.78 is 27.3. The van der Waals surface area contributed by atoms with Crippen LogP contribution < -0.4 is 5.73 Å². The minimum absolute atomic E-state index is 0.0792. The summed E-state index contributed by atoms with van der Waals surface area (Å²) in [5, 5.41) is 9.98. The molecule has 0 spiro atoms. The predicted octanol–water partition coefficient (Wildman–Crippen LogP) is 3.12. The molecule has 1 saturated heterocycles. The molecule has 0 bridgehead atoms. The fraction of sp³-hybridized carbons (Fsp3) is 0.300. The number of halogens is 2. The van der Waals surface area contributed by atoms with Gasteiger partial charge in [0.1, 0.15) is 5.92 Å². The van der Waals surface area contributed by atoms with Crippen LogP contribution >= 0.6 is 23.2 Å². The second-order valence-electron chi connectivity index (χ2n) is 7.03. The number of nitrogens with two attached hydrogens (primary N) is 1. The van der Waals surface area contributed by atoms with Crippen LogP contribution in [0.4, 0.5) is 0 Å². The number of carboxylic acids is 1.